The largest absolute Gasteiger partial charge is 0.372 e. The minimum absolute atomic E-state index is 0.315. The first kappa shape index (κ1) is 17.7. The Morgan fingerprint density at radius 1 is 0.966 bits per heavy atom. The van der Waals surface area contributed by atoms with E-state index in [4.69, 9.17) is 0 Å². The van der Waals surface area contributed by atoms with Crippen LogP contribution in [0.2, 0.25) is 0 Å². The van der Waals surface area contributed by atoms with Crippen molar-refractivity contribution in [3.05, 3.63) is 101 Å². The van der Waals surface area contributed by atoms with Gasteiger partial charge in [0.2, 0.25) is 0 Å². The van der Waals surface area contributed by atoms with Crippen LogP contribution in [-0.4, -0.2) is 16.0 Å². The fourth-order valence-electron chi connectivity index (χ4n) is 4.36. The number of anilines is 1. The lowest BCUT2D eigenvalue weighted by atomic mass is 9.87. The molecule has 0 radical (unpaired) electrons. The van der Waals surface area contributed by atoms with Gasteiger partial charge in [0, 0.05) is 28.2 Å². The van der Waals surface area contributed by atoms with Gasteiger partial charge in [-0.1, -0.05) is 60.2 Å². The Bertz CT molecular complexity index is 1260. The van der Waals surface area contributed by atoms with Gasteiger partial charge in [0.25, 0.3) is 5.91 Å². The van der Waals surface area contributed by atoms with Gasteiger partial charge in [-0.2, -0.15) is 0 Å². The number of benzene rings is 3. The van der Waals surface area contributed by atoms with E-state index in [0.717, 1.165) is 33.3 Å². The summed E-state index contributed by atoms with van der Waals surface area (Å²) in [6.45, 7) is 4.52. The fourth-order valence-corrected chi connectivity index (χ4v) is 4.36. The number of aromatic amines is 1. The van der Waals surface area contributed by atoms with Crippen LogP contribution < -0.4 is 4.90 Å². The predicted octanol–water partition coefficient (Wildman–Crippen LogP) is 4.57. The van der Waals surface area contributed by atoms with E-state index in [1.807, 2.05) is 62.4 Å². The van der Waals surface area contributed by atoms with E-state index < -0.39 is 5.60 Å². The molecule has 1 amide bonds. The summed E-state index contributed by atoms with van der Waals surface area (Å²) < 4.78 is 0. The molecule has 0 bridgehead atoms. The highest BCUT2D eigenvalue weighted by Gasteiger charge is 2.52. The van der Waals surface area contributed by atoms with E-state index in [0.29, 0.717) is 17.7 Å². The third-order valence-electron chi connectivity index (χ3n) is 5.95. The monoisotopic (exact) mass is 382 g/mol. The molecule has 1 aliphatic rings. The number of aromatic nitrogens is 1. The maximum absolute atomic E-state index is 13.7. The summed E-state index contributed by atoms with van der Waals surface area (Å²) in [6, 6.07) is 21.5. The zero-order valence-electron chi connectivity index (χ0n) is 16.4. The average molecular weight is 382 g/mol. The van der Waals surface area contributed by atoms with E-state index in [1.54, 1.807) is 11.1 Å². The Morgan fingerprint density at radius 3 is 2.59 bits per heavy atom. The number of H-pyrrole nitrogens is 1. The molecule has 29 heavy (non-hydrogen) atoms. The van der Waals surface area contributed by atoms with Crippen LogP contribution in [-0.2, 0) is 16.9 Å². The van der Waals surface area contributed by atoms with Crippen molar-refractivity contribution < 1.29 is 9.90 Å². The van der Waals surface area contributed by atoms with E-state index in [9.17, 15) is 9.90 Å². The van der Waals surface area contributed by atoms with E-state index >= 15 is 0 Å². The highest BCUT2D eigenvalue weighted by molar-refractivity contribution is 6.11. The summed E-state index contributed by atoms with van der Waals surface area (Å²) >= 11 is 0. The van der Waals surface area contributed by atoms with Gasteiger partial charge in [-0.25, -0.2) is 0 Å². The molecular formula is C25H22N2O2. The molecule has 0 spiro atoms. The highest BCUT2D eigenvalue weighted by Crippen LogP contribution is 2.46. The van der Waals surface area contributed by atoms with Gasteiger partial charge in [-0.05, 0) is 37.1 Å². The maximum atomic E-state index is 13.7. The number of hydrogen-bond donors (Lipinski definition) is 2. The molecule has 2 N–H and O–H groups in total. The minimum Gasteiger partial charge on any atom is -0.372 e. The third-order valence-corrected chi connectivity index (χ3v) is 5.95. The molecule has 1 aliphatic heterocycles. The van der Waals surface area contributed by atoms with E-state index in [-0.39, 0.29) is 5.91 Å². The number of carbonyl (C=O) groups is 1. The lowest BCUT2D eigenvalue weighted by Crippen LogP contribution is -2.40. The molecule has 4 heteroatoms. The Hall–Kier alpha value is -3.37. The van der Waals surface area contributed by atoms with Crippen LogP contribution >= 0.6 is 0 Å². The van der Waals surface area contributed by atoms with Gasteiger partial charge < -0.3 is 15.0 Å². The van der Waals surface area contributed by atoms with Crippen LogP contribution in [0.25, 0.3) is 10.9 Å². The molecule has 3 aromatic carbocycles. The second-order valence-electron chi connectivity index (χ2n) is 7.80. The maximum Gasteiger partial charge on any atom is 0.268 e. The van der Waals surface area contributed by atoms with Crippen molar-refractivity contribution in [3.8, 4) is 0 Å². The number of aliphatic hydroxyl groups is 1. The zero-order valence-corrected chi connectivity index (χ0v) is 16.4. The standard InChI is InChI=1S/C25H22N2O2/c1-16-11-12-17(2)18(13-16)15-27-23-10-6-4-8-20(23)25(29,24(27)28)21-14-26-22-9-5-3-7-19(21)22/h3-14,26,29H,15H2,1-2H3/t25-/m0/s1. The summed E-state index contributed by atoms with van der Waals surface area (Å²) in [5.41, 5.74) is 4.51. The number of fused-ring (bicyclic) bond motifs is 2. The molecular weight excluding hydrogens is 360 g/mol. The third kappa shape index (κ3) is 2.53. The summed E-state index contributed by atoms with van der Waals surface area (Å²) in [6.07, 6.45) is 1.75. The fraction of sp³-hybridized carbons (Fsp3) is 0.160. The smallest absolute Gasteiger partial charge is 0.268 e. The topological polar surface area (TPSA) is 56.3 Å². The molecule has 1 atom stereocenters. The van der Waals surface area contributed by atoms with E-state index in [2.05, 4.69) is 23.2 Å². The normalized spacial score (nSPS) is 18.4. The summed E-state index contributed by atoms with van der Waals surface area (Å²) in [7, 11) is 0. The zero-order chi connectivity index (χ0) is 20.2. The number of carbonyl (C=O) groups excluding carboxylic acids is 1. The molecule has 144 valence electrons. The highest BCUT2D eigenvalue weighted by atomic mass is 16.3. The Kier molecular flexibility index (Phi) is 3.86. The Labute approximate surface area is 169 Å². The first-order chi connectivity index (χ1) is 14.0. The summed E-state index contributed by atoms with van der Waals surface area (Å²) in [5, 5.41) is 12.7. The average Bonchev–Trinajstić information content (AvgIpc) is 3.25. The van der Waals surface area contributed by atoms with Crippen LogP contribution in [0, 0.1) is 13.8 Å². The molecule has 4 aromatic rings. The van der Waals surface area contributed by atoms with Crippen LogP contribution in [0.5, 0.6) is 0 Å². The van der Waals surface area contributed by atoms with E-state index in [1.165, 1.54) is 0 Å². The van der Waals surface area contributed by atoms with Gasteiger partial charge >= 0.3 is 0 Å². The number of amides is 1. The van der Waals surface area contributed by atoms with Crippen molar-refractivity contribution >= 4 is 22.5 Å². The van der Waals surface area contributed by atoms with Crippen LogP contribution in [0.3, 0.4) is 0 Å². The van der Waals surface area contributed by atoms with Crippen molar-refractivity contribution in [3.63, 3.8) is 0 Å². The van der Waals surface area contributed by atoms with Gasteiger partial charge in [0.1, 0.15) is 0 Å². The van der Waals surface area contributed by atoms with Gasteiger partial charge in [-0.3, -0.25) is 4.79 Å². The lowest BCUT2D eigenvalue weighted by Gasteiger charge is -2.24. The molecule has 0 saturated carbocycles. The van der Waals surface area contributed by atoms with Crippen molar-refractivity contribution in [2.75, 3.05) is 4.90 Å². The first-order valence-electron chi connectivity index (χ1n) is 9.76. The second kappa shape index (κ2) is 6.33. The summed E-state index contributed by atoms with van der Waals surface area (Å²) in [5.74, 6) is -0.315. The number of nitrogens with one attached hydrogen (secondary N) is 1. The second-order valence-corrected chi connectivity index (χ2v) is 7.80. The van der Waals surface area contributed by atoms with Crippen molar-refractivity contribution in [1.29, 1.82) is 0 Å². The molecule has 0 unspecified atom stereocenters. The molecule has 5 rings (SSSR count). The Balaban J connectivity index is 1.67. The predicted molar refractivity (Wildman–Crippen MR) is 115 cm³/mol. The number of nitrogens with zero attached hydrogens (tertiary/aromatic N) is 1. The van der Waals surface area contributed by atoms with Crippen LogP contribution in [0.15, 0.2) is 72.9 Å². The molecule has 0 aliphatic carbocycles. The Morgan fingerprint density at radius 2 is 1.72 bits per heavy atom. The van der Waals surface area contributed by atoms with Gasteiger partial charge in [0.15, 0.2) is 5.60 Å². The van der Waals surface area contributed by atoms with Crippen LogP contribution in [0.1, 0.15) is 27.8 Å². The van der Waals surface area contributed by atoms with Crippen molar-refractivity contribution in [2.24, 2.45) is 0 Å². The molecule has 4 nitrogen and oxygen atoms in total. The number of aryl methyl sites for hydroxylation is 2. The van der Waals surface area contributed by atoms with Crippen LogP contribution in [0.4, 0.5) is 5.69 Å². The molecule has 0 fully saturated rings. The lowest BCUT2D eigenvalue weighted by molar-refractivity contribution is -0.132. The SMILES string of the molecule is Cc1ccc(C)c(CN2C(=O)[C@@](O)(c3c[nH]c4ccccc34)c3ccccc32)c1. The number of hydrogen-bond acceptors (Lipinski definition) is 2. The van der Waals surface area contributed by atoms with Gasteiger partial charge in [-0.15, -0.1) is 0 Å². The number of para-hydroxylation sites is 2. The first-order valence-corrected chi connectivity index (χ1v) is 9.76. The number of rotatable bonds is 3. The van der Waals surface area contributed by atoms with Crippen molar-refractivity contribution in [2.45, 2.75) is 26.0 Å². The minimum atomic E-state index is -1.71. The molecule has 0 saturated heterocycles. The summed E-state index contributed by atoms with van der Waals surface area (Å²) in [4.78, 5) is 18.6. The van der Waals surface area contributed by atoms with Gasteiger partial charge in [0.05, 0.1) is 12.2 Å². The quantitative estimate of drug-likeness (QED) is 0.545. The molecule has 1 aromatic heterocycles. The molecule has 2 heterocycles. The van der Waals surface area contributed by atoms with Crippen molar-refractivity contribution in [1.82, 2.24) is 4.98 Å².